The Morgan fingerprint density at radius 1 is 1.40 bits per heavy atom. The molecule has 4 nitrogen and oxygen atoms in total. The number of ether oxygens (including phenoxy) is 1. The molecule has 0 fully saturated rings. The monoisotopic (exact) mass is 332 g/mol. The highest BCUT2D eigenvalue weighted by atomic mass is 79.9. The molecule has 1 aromatic heterocycles. The third-order valence-electron chi connectivity index (χ3n) is 2.76. The van der Waals surface area contributed by atoms with Crippen LogP contribution in [-0.4, -0.2) is 10.1 Å². The fraction of sp³-hybridized carbons (Fsp3) is 0.200. The van der Waals surface area contributed by atoms with Crippen LogP contribution in [0.3, 0.4) is 0 Å². The minimum absolute atomic E-state index is 0.318. The number of rotatable bonds is 4. The molecule has 0 aliphatic carbocycles. The molecule has 0 amide bonds. The first-order valence-corrected chi connectivity index (χ1v) is 6.85. The summed E-state index contributed by atoms with van der Waals surface area (Å²) in [7, 11) is 0. The van der Waals surface area contributed by atoms with Gasteiger partial charge in [0.2, 0.25) is 0 Å². The molecule has 0 spiro atoms. The quantitative estimate of drug-likeness (QED) is 0.932. The molecule has 1 heterocycles. The summed E-state index contributed by atoms with van der Waals surface area (Å²) >= 11 is 3.37. The first-order valence-electron chi connectivity index (χ1n) is 6.05. The second kappa shape index (κ2) is 6.51. The van der Waals surface area contributed by atoms with Crippen LogP contribution in [0.5, 0.6) is 5.75 Å². The van der Waals surface area contributed by atoms with E-state index >= 15 is 0 Å². The first kappa shape index (κ1) is 14.5. The Bertz CT molecular complexity index is 651. The minimum Gasteiger partial charge on any atom is -0.489 e. The van der Waals surface area contributed by atoms with Crippen LogP contribution in [-0.2, 0) is 6.61 Å². The van der Waals surface area contributed by atoms with Crippen LogP contribution in [0.15, 0.2) is 41.0 Å². The maximum atomic E-state index is 9.75. The summed E-state index contributed by atoms with van der Waals surface area (Å²) in [4.78, 5) is 3.91. The third kappa shape index (κ3) is 3.56. The Morgan fingerprint density at radius 3 is 2.90 bits per heavy atom. The zero-order valence-corrected chi connectivity index (χ0v) is 12.5. The van der Waals surface area contributed by atoms with Crippen molar-refractivity contribution in [3.8, 4) is 11.8 Å². The lowest BCUT2D eigenvalue weighted by Crippen LogP contribution is -2.01. The molecule has 0 aliphatic rings. The third-order valence-corrected chi connectivity index (χ3v) is 3.25. The molecule has 0 aliphatic heterocycles. The molecule has 0 saturated heterocycles. The molecule has 0 bridgehead atoms. The van der Waals surface area contributed by atoms with Crippen molar-refractivity contribution in [2.75, 3.05) is 0 Å². The Kier molecular flexibility index (Phi) is 4.72. The van der Waals surface area contributed by atoms with Gasteiger partial charge in [-0.25, -0.2) is 4.98 Å². The van der Waals surface area contributed by atoms with Gasteiger partial charge in [0.1, 0.15) is 24.1 Å². The van der Waals surface area contributed by atoms with Gasteiger partial charge in [-0.3, -0.25) is 0 Å². The van der Waals surface area contributed by atoms with E-state index in [0.29, 0.717) is 23.6 Å². The lowest BCUT2D eigenvalue weighted by atomic mass is 10.1. The van der Waals surface area contributed by atoms with E-state index in [4.69, 9.17) is 10.00 Å². The average Bonchev–Trinajstić information content (AvgIpc) is 2.46. The molecule has 1 unspecified atom stereocenters. The zero-order chi connectivity index (χ0) is 14.5. The molecular formula is C15H13BrN2O2. The van der Waals surface area contributed by atoms with Gasteiger partial charge in [-0.1, -0.05) is 15.9 Å². The summed E-state index contributed by atoms with van der Waals surface area (Å²) in [5.41, 5.74) is 1.93. The Hall–Kier alpha value is -1.90. The van der Waals surface area contributed by atoms with Crippen LogP contribution in [0.25, 0.3) is 0 Å². The molecular weight excluding hydrogens is 320 g/mol. The molecule has 0 saturated carbocycles. The Morgan fingerprint density at radius 2 is 2.20 bits per heavy atom. The van der Waals surface area contributed by atoms with Gasteiger partial charge in [-0.2, -0.15) is 5.26 Å². The summed E-state index contributed by atoms with van der Waals surface area (Å²) in [5.74, 6) is 0.624. The lowest BCUT2D eigenvalue weighted by Gasteiger charge is -2.14. The predicted molar refractivity (Wildman–Crippen MR) is 78.1 cm³/mol. The molecule has 20 heavy (non-hydrogen) atoms. The summed E-state index contributed by atoms with van der Waals surface area (Å²) in [6.07, 6.45) is 0.962. The van der Waals surface area contributed by atoms with Crippen molar-refractivity contribution in [2.24, 2.45) is 0 Å². The van der Waals surface area contributed by atoms with Crippen molar-refractivity contribution in [2.45, 2.75) is 19.6 Å². The topological polar surface area (TPSA) is 66.1 Å². The second-order valence-electron chi connectivity index (χ2n) is 4.31. The van der Waals surface area contributed by atoms with Crippen molar-refractivity contribution >= 4 is 15.9 Å². The van der Waals surface area contributed by atoms with Crippen LogP contribution in [0.2, 0.25) is 0 Å². The number of aromatic nitrogens is 1. The van der Waals surface area contributed by atoms with Gasteiger partial charge in [0, 0.05) is 16.2 Å². The molecule has 2 aromatic rings. The molecule has 0 radical (unpaired) electrons. The standard InChI is InChI=1S/C15H13BrN2O2/c1-10(19)14-7-12(16)2-3-15(14)20-9-11-4-5-18-13(6-11)8-17/h2-7,10,19H,9H2,1H3. The lowest BCUT2D eigenvalue weighted by molar-refractivity contribution is 0.190. The number of hydrogen-bond donors (Lipinski definition) is 1. The number of nitrogens with zero attached hydrogens (tertiary/aromatic N) is 2. The maximum Gasteiger partial charge on any atom is 0.140 e. The van der Waals surface area contributed by atoms with Gasteiger partial charge in [-0.15, -0.1) is 0 Å². The molecule has 2 rings (SSSR count). The largest absolute Gasteiger partial charge is 0.489 e. The molecule has 1 aromatic carbocycles. The van der Waals surface area contributed by atoms with Crippen LogP contribution in [0, 0.1) is 11.3 Å². The molecule has 1 atom stereocenters. The zero-order valence-electron chi connectivity index (χ0n) is 10.9. The number of benzene rings is 1. The number of aliphatic hydroxyl groups excluding tert-OH is 1. The van der Waals surface area contributed by atoms with Crippen molar-refractivity contribution in [1.29, 1.82) is 5.26 Å². The average molecular weight is 333 g/mol. The highest BCUT2D eigenvalue weighted by molar-refractivity contribution is 9.10. The Labute approximate surface area is 125 Å². The van der Waals surface area contributed by atoms with Gasteiger partial charge in [-0.05, 0) is 42.8 Å². The fourth-order valence-electron chi connectivity index (χ4n) is 1.76. The van der Waals surface area contributed by atoms with Gasteiger partial charge >= 0.3 is 0 Å². The number of hydrogen-bond acceptors (Lipinski definition) is 4. The summed E-state index contributed by atoms with van der Waals surface area (Å²) in [6, 6.07) is 11.0. The van der Waals surface area contributed by atoms with Gasteiger partial charge in [0.05, 0.1) is 6.10 Å². The SMILES string of the molecule is CC(O)c1cc(Br)ccc1OCc1ccnc(C#N)c1. The van der Waals surface area contributed by atoms with E-state index < -0.39 is 6.10 Å². The van der Waals surface area contributed by atoms with E-state index in [9.17, 15) is 5.11 Å². The van der Waals surface area contributed by atoms with E-state index in [2.05, 4.69) is 20.9 Å². The summed E-state index contributed by atoms with van der Waals surface area (Å²) in [5, 5.41) is 18.6. The van der Waals surface area contributed by atoms with E-state index in [1.165, 1.54) is 0 Å². The second-order valence-corrected chi connectivity index (χ2v) is 5.22. The van der Waals surface area contributed by atoms with Gasteiger partial charge in [0.25, 0.3) is 0 Å². The fourth-order valence-corrected chi connectivity index (χ4v) is 2.14. The number of aliphatic hydroxyl groups is 1. The highest BCUT2D eigenvalue weighted by Gasteiger charge is 2.10. The summed E-state index contributed by atoms with van der Waals surface area (Å²) in [6.45, 7) is 2.01. The number of halogens is 1. The maximum absolute atomic E-state index is 9.75. The highest BCUT2D eigenvalue weighted by Crippen LogP contribution is 2.29. The predicted octanol–water partition coefficient (Wildman–Crippen LogP) is 3.35. The van der Waals surface area contributed by atoms with Crippen LogP contribution in [0.1, 0.15) is 29.8 Å². The summed E-state index contributed by atoms with van der Waals surface area (Å²) < 4.78 is 6.61. The van der Waals surface area contributed by atoms with E-state index in [1.807, 2.05) is 18.2 Å². The number of pyridine rings is 1. The van der Waals surface area contributed by atoms with Crippen LogP contribution >= 0.6 is 15.9 Å². The van der Waals surface area contributed by atoms with Crippen molar-refractivity contribution < 1.29 is 9.84 Å². The van der Waals surface area contributed by atoms with Crippen molar-refractivity contribution in [3.05, 3.63) is 57.8 Å². The smallest absolute Gasteiger partial charge is 0.140 e. The van der Waals surface area contributed by atoms with E-state index in [0.717, 1.165) is 10.0 Å². The minimum atomic E-state index is -0.616. The number of nitriles is 1. The Balaban J connectivity index is 2.16. The van der Waals surface area contributed by atoms with Crippen LogP contribution in [0.4, 0.5) is 0 Å². The normalized spacial score (nSPS) is 11.7. The van der Waals surface area contributed by atoms with Crippen LogP contribution < -0.4 is 4.74 Å². The van der Waals surface area contributed by atoms with E-state index in [-0.39, 0.29) is 0 Å². The van der Waals surface area contributed by atoms with Gasteiger partial charge < -0.3 is 9.84 Å². The molecule has 1 N–H and O–H groups in total. The molecule has 5 heteroatoms. The van der Waals surface area contributed by atoms with Crippen molar-refractivity contribution in [1.82, 2.24) is 4.98 Å². The van der Waals surface area contributed by atoms with E-state index in [1.54, 1.807) is 31.3 Å². The first-order chi connectivity index (χ1) is 9.60. The van der Waals surface area contributed by atoms with Crippen molar-refractivity contribution in [3.63, 3.8) is 0 Å². The van der Waals surface area contributed by atoms with Gasteiger partial charge in [0.15, 0.2) is 0 Å². The molecule has 102 valence electrons.